The second kappa shape index (κ2) is 8.91. The van der Waals surface area contributed by atoms with E-state index in [1.54, 1.807) is 31.4 Å². The summed E-state index contributed by atoms with van der Waals surface area (Å²) >= 11 is 3.28. The average Bonchev–Trinajstić information content (AvgIpc) is 3.11. The molecule has 0 aromatic heterocycles. The van der Waals surface area contributed by atoms with Gasteiger partial charge in [-0.25, -0.2) is 9.18 Å². The largest absolute Gasteiger partial charge is 0.497 e. The van der Waals surface area contributed by atoms with Gasteiger partial charge in [-0.1, -0.05) is 39.3 Å². The van der Waals surface area contributed by atoms with E-state index in [1.165, 1.54) is 6.07 Å². The lowest BCUT2D eigenvalue weighted by Crippen LogP contribution is -2.45. The number of halogens is 2. The maximum absolute atomic E-state index is 14.6. The highest BCUT2D eigenvalue weighted by Crippen LogP contribution is 2.33. The van der Waals surface area contributed by atoms with E-state index in [4.69, 9.17) is 14.3 Å². The van der Waals surface area contributed by atoms with Crippen LogP contribution in [0.3, 0.4) is 0 Å². The predicted molar refractivity (Wildman–Crippen MR) is 112 cm³/mol. The zero-order chi connectivity index (χ0) is 21.1. The monoisotopic (exact) mass is 477 g/mol. The molecule has 2 aliphatic heterocycles. The van der Waals surface area contributed by atoms with Gasteiger partial charge in [0.25, 0.3) is 0 Å². The van der Waals surface area contributed by atoms with E-state index in [2.05, 4.69) is 26.4 Å². The van der Waals surface area contributed by atoms with Crippen LogP contribution in [0.15, 0.2) is 52.1 Å². The summed E-state index contributed by atoms with van der Waals surface area (Å²) in [6.07, 6.45) is -0.603. The van der Waals surface area contributed by atoms with Crippen LogP contribution in [0.5, 0.6) is 5.75 Å². The molecule has 2 heterocycles. The number of nitrogens with one attached hydrogen (secondary N) is 1. The van der Waals surface area contributed by atoms with Crippen molar-refractivity contribution in [3.8, 4) is 5.75 Å². The summed E-state index contributed by atoms with van der Waals surface area (Å²) < 4.78 is 25.8. The van der Waals surface area contributed by atoms with Crippen LogP contribution in [-0.4, -0.2) is 49.7 Å². The summed E-state index contributed by atoms with van der Waals surface area (Å²) in [4.78, 5) is 19.7. The highest BCUT2D eigenvalue weighted by Gasteiger charge is 2.43. The smallest absolute Gasteiger partial charge is 0.408 e. The molecule has 0 spiro atoms. The fourth-order valence-corrected chi connectivity index (χ4v) is 4.01. The number of rotatable bonds is 5. The standard InChI is InChI=1S/C21H21BrFN3O4/c1-28-15-5-2-13(3-6-15)12-29-21(27)24-19-17(11-26-8-9-30-25-20(19)26)16-7-4-14(22)10-18(16)23/h2-7,10,17,19H,8-9,11-12H2,1H3,(H,24,27)/t17-,19-/m0/s1. The Labute approximate surface area is 181 Å². The molecule has 4 rings (SSSR count). The summed E-state index contributed by atoms with van der Waals surface area (Å²) in [5, 5.41) is 6.96. The molecule has 7 nitrogen and oxygen atoms in total. The van der Waals surface area contributed by atoms with Crippen LogP contribution in [-0.2, 0) is 16.2 Å². The number of hydrogen-bond donors (Lipinski definition) is 1. The fraction of sp³-hybridized carbons (Fsp3) is 0.333. The Morgan fingerprint density at radius 3 is 2.87 bits per heavy atom. The minimum atomic E-state index is -0.603. The third-order valence-corrected chi connectivity index (χ3v) is 5.69. The zero-order valence-corrected chi connectivity index (χ0v) is 17.9. The molecule has 30 heavy (non-hydrogen) atoms. The molecular weight excluding hydrogens is 457 g/mol. The van der Waals surface area contributed by atoms with Crippen LogP contribution in [0.2, 0.25) is 0 Å². The van der Waals surface area contributed by atoms with Crippen molar-refractivity contribution in [3.05, 3.63) is 63.9 Å². The topological polar surface area (TPSA) is 72.4 Å². The van der Waals surface area contributed by atoms with Gasteiger partial charge in [-0.05, 0) is 35.4 Å². The highest BCUT2D eigenvalue weighted by molar-refractivity contribution is 9.10. The predicted octanol–water partition coefficient (Wildman–Crippen LogP) is 3.63. The molecule has 9 heteroatoms. The molecule has 0 bridgehead atoms. The summed E-state index contributed by atoms with van der Waals surface area (Å²) in [6, 6.07) is 11.6. The Bertz CT molecular complexity index is 954. The number of fused-ring (bicyclic) bond motifs is 1. The maximum atomic E-state index is 14.6. The van der Waals surface area contributed by atoms with E-state index in [9.17, 15) is 9.18 Å². The van der Waals surface area contributed by atoms with E-state index in [0.29, 0.717) is 35.6 Å². The molecule has 0 saturated carbocycles. The Balaban J connectivity index is 1.48. The maximum Gasteiger partial charge on any atom is 0.408 e. The number of amidine groups is 1. The van der Waals surface area contributed by atoms with Crippen LogP contribution >= 0.6 is 15.9 Å². The summed E-state index contributed by atoms with van der Waals surface area (Å²) in [5.41, 5.74) is 1.34. The molecule has 0 unspecified atom stereocenters. The van der Waals surface area contributed by atoms with Crippen molar-refractivity contribution in [2.75, 3.05) is 26.8 Å². The Hall–Kier alpha value is -2.81. The van der Waals surface area contributed by atoms with Crippen LogP contribution in [0, 0.1) is 5.82 Å². The van der Waals surface area contributed by atoms with Crippen molar-refractivity contribution in [3.63, 3.8) is 0 Å². The average molecular weight is 478 g/mol. The third-order valence-electron chi connectivity index (χ3n) is 5.20. The first-order chi connectivity index (χ1) is 14.5. The molecule has 2 aliphatic rings. The van der Waals surface area contributed by atoms with E-state index in [0.717, 1.165) is 11.3 Å². The molecule has 0 aliphatic carbocycles. The first-order valence-electron chi connectivity index (χ1n) is 9.51. The molecule has 1 amide bonds. The van der Waals surface area contributed by atoms with Gasteiger partial charge in [-0.3, -0.25) is 0 Å². The van der Waals surface area contributed by atoms with E-state index in [-0.39, 0.29) is 18.3 Å². The number of alkyl carbamates (subject to hydrolysis) is 1. The van der Waals surface area contributed by atoms with Crippen molar-refractivity contribution < 1.29 is 23.5 Å². The van der Waals surface area contributed by atoms with Gasteiger partial charge in [0.05, 0.1) is 13.7 Å². The molecule has 2 atom stereocenters. The van der Waals surface area contributed by atoms with Crippen LogP contribution < -0.4 is 10.1 Å². The summed E-state index contributed by atoms with van der Waals surface area (Å²) in [7, 11) is 1.59. The Morgan fingerprint density at radius 1 is 1.33 bits per heavy atom. The van der Waals surface area contributed by atoms with Crippen molar-refractivity contribution in [2.45, 2.75) is 18.6 Å². The lowest BCUT2D eigenvalue weighted by atomic mass is 9.93. The number of carbonyl (C=O) groups is 1. The first kappa shape index (κ1) is 20.5. The Morgan fingerprint density at radius 2 is 2.13 bits per heavy atom. The SMILES string of the molecule is COc1ccc(COC(=O)N[C@@H]2C3=NOCCN3C[C@H]2c2ccc(Br)cc2F)cc1. The molecule has 1 N–H and O–H groups in total. The van der Waals surface area contributed by atoms with Crippen LogP contribution in [0.25, 0.3) is 0 Å². The summed E-state index contributed by atoms with van der Waals surface area (Å²) in [6.45, 7) is 1.72. The third kappa shape index (κ3) is 4.35. The van der Waals surface area contributed by atoms with Gasteiger partial charge in [-0.2, -0.15) is 0 Å². The molecule has 1 fully saturated rings. The molecular formula is C21H21BrFN3O4. The lowest BCUT2D eigenvalue weighted by Gasteiger charge is -2.24. The second-order valence-electron chi connectivity index (χ2n) is 7.05. The zero-order valence-electron chi connectivity index (χ0n) is 16.3. The van der Waals surface area contributed by atoms with Gasteiger partial charge in [0.2, 0.25) is 0 Å². The van der Waals surface area contributed by atoms with Gasteiger partial charge in [0, 0.05) is 16.9 Å². The second-order valence-corrected chi connectivity index (χ2v) is 7.96. The van der Waals surface area contributed by atoms with Gasteiger partial charge >= 0.3 is 6.09 Å². The Kier molecular flexibility index (Phi) is 6.08. The van der Waals surface area contributed by atoms with Crippen LogP contribution in [0.1, 0.15) is 17.0 Å². The fourth-order valence-electron chi connectivity index (χ4n) is 3.68. The van der Waals surface area contributed by atoms with Crippen molar-refractivity contribution in [1.82, 2.24) is 10.2 Å². The van der Waals surface area contributed by atoms with Crippen molar-refractivity contribution >= 4 is 27.9 Å². The lowest BCUT2D eigenvalue weighted by molar-refractivity contribution is 0.105. The highest BCUT2D eigenvalue weighted by atomic mass is 79.9. The molecule has 2 aromatic rings. The number of oxime groups is 1. The van der Waals surface area contributed by atoms with Crippen molar-refractivity contribution in [1.29, 1.82) is 0 Å². The molecule has 1 saturated heterocycles. The molecule has 158 valence electrons. The number of benzene rings is 2. The van der Waals surface area contributed by atoms with Crippen LogP contribution in [0.4, 0.5) is 9.18 Å². The number of ether oxygens (including phenoxy) is 2. The summed E-state index contributed by atoms with van der Waals surface area (Å²) in [5.74, 6) is 0.653. The van der Waals surface area contributed by atoms with E-state index < -0.39 is 12.1 Å². The number of amides is 1. The minimum absolute atomic E-state index is 0.104. The molecule has 2 aromatic carbocycles. The normalized spacial score (nSPS) is 20.1. The minimum Gasteiger partial charge on any atom is -0.497 e. The van der Waals surface area contributed by atoms with Gasteiger partial charge < -0.3 is 24.5 Å². The van der Waals surface area contributed by atoms with E-state index >= 15 is 0 Å². The van der Waals surface area contributed by atoms with Gasteiger partial charge in [-0.15, -0.1) is 0 Å². The molecule has 0 radical (unpaired) electrons. The number of carbonyl (C=O) groups excluding carboxylic acids is 1. The van der Waals surface area contributed by atoms with Gasteiger partial charge in [0.15, 0.2) is 5.84 Å². The first-order valence-corrected chi connectivity index (χ1v) is 10.3. The number of methoxy groups -OCH3 is 1. The number of hydrogen-bond acceptors (Lipinski definition) is 6. The van der Waals surface area contributed by atoms with Crippen molar-refractivity contribution in [2.24, 2.45) is 5.16 Å². The quantitative estimate of drug-likeness (QED) is 0.711. The van der Waals surface area contributed by atoms with Gasteiger partial charge in [0.1, 0.15) is 30.8 Å². The van der Waals surface area contributed by atoms with E-state index in [1.807, 2.05) is 17.0 Å². The number of nitrogens with zero attached hydrogens (tertiary/aromatic N) is 2.